The number of nitrogens with zero attached hydrogens (tertiary/aromatic N) is 2. The summed E-state index contributed by atoms with van der Waals surface area (Å²) >= 11 is 0. The van der Waals surface area contributed by atoms with Gasteiger partial charge in [0.2, 0.25) is 0 Å². The molecule has 0 spiro atoms. The van der Waals surface area contributed by atoms with Gasteiger partial charge in [0.1, 0.15) is 6.04 Å². The van der Waals surface area contributed by atoms with Crippen molar-refractivity contribution >= 4 is 17.0 Å². The highest BCUT2D eigenvalue weighted by Crippen LogP contribution is 2.07. The van der Waals surface area contributed by atoms with Crippen LogP contribution in [0.3, 0.4) is 0 Å². The van der Waals surface area contributed by atoms with Gasteiger partial charge in [0.05, 0.1) is 11.0 Å². The topological polar surface area (TPSA) is 60.9 Å². The van der Waals surface area contributed by atoms with Gasteiger partial charge in [-0.05, 0) is 6.92 Å². The third-order valence-corrected chi connectivity index (χ3v) is 3.63. The fraction of sp³-hybridized carbons (Fsp3) is 0.875. The monoisotopic (exact) mass is 220 g/mol. The van der Waals surface area contributed by atoms with Crippen molar-refractivity contribution in [3.05, 3.63) is 0 Å². The first kappa shape index (κ1) is 11.6. The van der Waals surface area contributed by atoms with Gasteiger partial charge >= 0.3 is 5.97 Å². The maximum atomic E-state index is 11.1. The van der Waals surface area contributed by atoms with E-state index in [0.29, 0.717) is 26.2 Å². The standard InChI is InChI=1S/C8H16N2O3S/c1-7(8(11)12)9-3-5-10(6-4-9)14(2)13/h7H,3-6H2,1-2H3,(H,11,12). The van der Waals surface area contributed by atoms with Crippen molar-refractivity contribution in [2.45, 2.75) is 13.0 Å². The molecule has 1 aliphatic heterocycles. The normalized spacial score (nSPS) is 24.4. The summed E-state index contributed by atoms with van der Waals surface area (Å²) in [5, 5.41) is 8.79. The van der Waals surface area contributed by atoms with Crippen molar-refractivity contribution in [1.29, 1.82) is 0 Å². The zero-order valence-corrected chi connectivity index (χ0v) is 9.29. The molecule has 0 saturated carbocycles. The molecule has 0 radical (unpaired) electrons. The first-order chi connectivity index (χ1) is 6.52. The quantitative estimate of drug-likeness (QED) is 0.688. The lowest BCUT2D eigenvalue weighted by atomic mass is 10.2. The lowest BCUT2D eigenvalue weighted by molar-refractivity contribution is -0.143. The molecule has 0 aromatic heterocycles. The summed E-state index contributed by atoms with van der Waals surface area (Å²) in [5.74, 6) is -0.795. The number of hydrogen-bond acceptors (Lipinski definition) is 3. The molecule has 1 rings (SSSR count). The fourth-order valence-electron chi connectivity index (χ4n) is 1.50. The van der Waals surface area contributed by atoms with Crippen LogP contribution in [0.2, 0.25) is 0 Å². The Morgan fingerprint density at radius 1 is 1.36 bits per heavy atom. The maximum Gasteiger partial charge on any atom is 0.320 e. The Morgan fingerprint density at radius 3 is 2.21 bits per heavy atom. The maximum absolute atomic E-state index is 11.1. The minimum atomic E-state index is -0.932. The first-order valence-electron chi connectivity index (χ1n) is 4.57. The number of piperazine rings is 1. The Hall–Kier alpha value is -0.460. The summed E-state index contributed by atoms with van der Waals surface area (Å²) in [4.78, 5) is 12.6. The van der Waals surface area contributed by atoms with Gasteiger partial charge in [0, 0.05) is 32.4 Å². The van der Waals surface area contributed by atoms with Crippen molar-refractivity contribution in [2.75, 3.05) is 32.4 Å². The molecule has 6 heteroatoms. The second-order valence-electron chi connectivity index (χ2n) is 3.40. The summed E-state index contributed by atoms with van der Waals surface area (Å²) in [7, 11) is -0.932. The van der Waals surface area contributed by atoms with Crippen LogP contribution < -0.4 is 0 Å². The molecule has 5 nitrogen and oxygen atoms in total. The van der Waals surface area contributed by atoms with E-state index in [0.717, 1.165) is 0 Å². The largest absolute Gasteiger partial charge is 0.480 e. The number of carboxylic acids is 1. The van der Waals surface area contributed by atoms with Gasteiger partial charge in [-0.2, -0.15) is 0 Å². The van der Waals surface area contributed by atoms with E-state index in [9.17, 15) is 9.00 Å². The van der Waals surface area contributed by atoms with Crippen LogP contribution in [-0.4, -0.2) is 63.0 Å². The molecule has 0 aromatic rings. The van der Waals surface area contributed by atoms with E-state index in [-0.39, 0.29) is 0 Å². The number of aliphatic carboxylic acids is 1. The van der Waals surface area contributed by atoms with Gasteiger partial charge < -0.3 is 5.11 Å². The Kier molecular flexibility index (Phi) is 4.03. The molecule has 1 heterocycles. The molecule has 82 valence electrons. The zero-order valence-electron chi connectivity index (χ0n) is 8.47. The molecule has 0 bridgehead atoms. The summed E-state index contributed by atoms with van der Waals surface area (Å²) in [6, 6.07) is -0.442. The molecule has 2 unspecified atom stereocenters. The molecule has 14 heavy (non-hydrogen) atoms. The lowest BCUT2D eigenvalue weighted by Crippen LogP contribution is -2.51. The van der Waals surface area contributed by atoms with E-state index >= 15 is 0 Å². The van der Waals surface area contributed by atoms with Crippen molar-refractivity contribution in [3.8, 4) is 0 Å². The zero-order chi connectivity index (χ0) is 10.7. The summed E-state index contributed by atoms with van der Waals surface area (Å²) in [6.07, 6.45) is 1.65. The predicted molar refractivity (Wildman–Crippen MR) is 54.3 cm³/mol. The van der Waals surface area contributed by atoms with Crippen molar-refractivity contribution in [3.63, 3.8) is 0 Å². The van der Waals surface area contributed by atoms with Gasteiger partial charge in [-0.1, -0.05) is 0 Å². The van der Waals surface area contributed by atoms with Crippen molar-refractivity contribution in [2.24, 2.45) is 0 Å². The van der Waals surface area contributed by atoms with Crippen molar-refractivity contribution < 1.29 is 14.1 Å². The van der Waals surface area contributed by atoms with Gasteiger partial charge in [-0.15, -0.1) is 0 Å². The van der Waals surface area contributed by atoms with Crippen LogP contribution in [0.1, 0.15) is 6.92 Å². The minimum absolute atomic E-state index is 0.442. The van der Waals surface area contributed by atoms with E-state index in [4.69, 9.17) is 5.11 Å². The average Bonchev–Trinajstić information content (AvgIpc) is 2.16. The summed E-state index contributed by atoms with van der Waals surface area (Å²) in [5.41, 5.74) is 0. The molecule has 1 saturated heterocycles. The minimum Gasteiger partial charge on any atom is -0.480 e. The van der Waals surface area contributed by atoms with Gasteiger partial charge in [0.25, 0.3) is 0 Å². The summed E-state index contributed by atoms with van der Waals surface area (Å²) < 4.78 is 13.0. The third kappa shape index (κ3) is 2.76. The Bertz CT molecular complexity index is 239. The number of carbonyl (C=O) groups is 1. The molecular weight excluding hydrogens is 204 g/mol. The molecular formula is C8H16N2O3S. The van der Waals surface area contributed by atoms with Gasteiger partial charge in [-0.3, -0.25) is 9.69 Å². The van der Waals surface area contributed by atoms with Crippen LogP contribution in [-0.2, 0) is 15.8 Å². The van der Waals surface area contributed by atoms with E-state index in [1.807, 2.05) is 9.21 Å². The van der Waals surface area contributed by atoms with Gasteiger partial charge in [-0.25, -0.2) is 8.51 Å². The summed E-state index contributed by atoms with van der Waals surface area (Å²) in [6.45, 7) is 4.39. The molecule has 1 N–H and O–H groups in total. The molecule has 0 aliphatic carbocycles. The van der Waals surface area contributed by atoms with Crippen LogP contribution in [0.4, 0.5) is 0 Å². The molecule has 1 aliphatic rings. The lowest BCUT2D eigenvalue weighted by Gasteiger charge is -2.35. The highest BCUT2D eigenvalue weighted by molar-refractivity contribution is 7.81. The van der Waals surface area contributed by atoms with E-state index < -0.39 is 23.0 Å². The van der Waals surface area contributed by atoms with E-state index in [1.54, 1.807) is 13.2 Å². The Morgan fingerprint density at radius 2 is 1.86 bits per heavy atom. The number of carboxylic acid groups (broad SMARTS) is 1. The van der Waals surface area contributed by atoms with E-state index in [1.165, 1.54) is 0 Å². The smallest absolute Gasteiger partial charge is 0.320 e. The third-order valence-electron chi connectivity index (χ3n) is 2.54. The van der Waals surface area contributed by atoms with Crippen LogP contribution in [0.25, 0.3) is 0 Å². The van der Waals surface area contributed by atoms with Gasteiger partial charge in [0.15, 0.2) is 0 Å². The molecule has 0 aromatic carbocycles. The average molecular weight is 220 g/mol. The second kappa shape index (κ2) is 4.86. The van der Waals surface area contributed by atoms with Crippen LogP contribution in [0, 0.1) is 0 Å². The highest BCUT2D eigenvalue weighted by atomic mass is 32.2. The molecule has 1 fully saturated rings. The first-order valence-corrected chi connectivity index (χ1v) is 6.09. The SMILES string of the molecule is CC(C(=O)O)N1CCN(S(C)=O)CC1. The Labute approximate surface area is 86.3 Å². The fourth-order valence-corrected chi connectivity index (χ4v) is 2.18. The Balaban J connectivity index is 2.43. The van der Waals surface area contributed by atoms with Crippen molar-refractivity contribution in [1.82, 2.24) is 9.21 Å². The van der Waals surface area contributed by atoms with E-state index in [2.05, 4.69) is 0 Å². The second-order valence-corrected chi connectivity index (χ2v) is 4.77. The van der Waals surface area contributed by atoms with Crippen LogP contribution in [0.5, 0.6) is 0 Å². The highest BCUT2D eigenvalue weighted by Gasteiger charge is 2.25. The predicted octanol–water partition coefficient (Wildman–Crippen LogP) is -0.629. The number of rotatable bonds is 3. The van der Waals surface area contributed by atoms with Crippen LogP contribution in [0.15, 0.2) is 0 Å². The van der Waals surface area contributed by atoms with Crippen LogP contribution >= 0.6 is 0 Å². The molecule has 2 atom stereocenters. The molecule has 0 amide bonds. The number of hydrogen-bond donors (Lipinski definition) is 1.